The Kier molecular flexibility index (Phi) is 6.44. The number of Topliss-reactive ketones (excluding diaryl/α,β-unsaturated/α-hetero) is 1. The third-order valence-corrected chi connectivity index (χ3v) is 6.15. The highest BCUT2D eigenvalue weighted by atomic mass is 32.1. The first kappa shape index (κ1) is 18.3. The van der Waals surface area contributed by atoms with Crippen molar-refractivity contribution in [3.8, 4) is 0 Å². The van der Waals surface area contributed by atoms with Gasteiger partial charge in [0.25, 0.3) is 0 Å². The van der Waals surface area contributed by atoms with Crippen LogP contribution in [0.4, 0.5) is 0 Å². The SMILES string of the molecule is CN(C)[C@@H](CCCC(=O)C[C@H]1CCc2ccccc2C1)c1ccsc1. The minimum absolute atomic E-state index is 0.431. The highest BCUT2D eigenvalue weighted by molar-refractivity contribution is 7.07. The first-order valence-electron chi connectivity index (χ1n) is 9.40. The summed E-state index contributed by atoms with van der Waals surface area (Å²) in [6, 6.07) is 11.3. The van der Waals surface area contributed by atoms with E-state index in [4.69, 9.17) is 0 Å². The summed E-state index contributed by atoms with van der Waals surface area (Å²) in [4.78, 5) is 14.7. The molecule has 0 fully saturated rings. The molecule has 2 nitrogen and oxygen atoms in total. The van der Waals surface area contributed by atoms with Gasteiger partial charge in [-0.05, 0) is 85.6 Å². The number of thiophene rings is 1. The molecule has 1 aromatic carbocycles. The maximum absolute atomic E-state index is 12.4. The first-order valence-corrected chi connectivity index (χ1v) is 10.3. The average molecular weight is 356 g/mol. The molecule has 3 rings (SSSR count). The molecule has 25 heavy (non-hydrogen) atoms. The maximum Gasteiger partial charge on any atom is 0.133 e. The third-order valence-electron chi connectivity index (χ3n) is 5.45. The van der Waals surface area contributed by atoms with Gasteiger partial charge in [-0.15, -0.1) is 0 Å². The predicted octanol–water partition coefficient (Wildman–Crippen LogP) is 5.29. The Bertz CT molecular complexity index is 677. The van der Waals surface area contributed by atoms with E-state index in [-0.39, 0.29) is 0 Å². The molecule has 0 bridgehead atoms. The quantitative estimate of drug-likeness (QED) is 0.641. The van der Waals surface area contributed by atoms with E-state index in [1.54, 1.807) is 11.3 Å². The summed E-state index contributed by atoms with van der Waals surface area (Å²) in [6.07, 6.45) is 6.92. The van der Waals surface area contributed by atoms with Crippen molar-refractivity contribution in [1.29, 1.82) is 0 Å². The highest BCUT2D eigenvalue weighted by Gasteiger charge is 2.21. The van der Waals surface area contributed by atoms with Crippen molar-refractivity contribution in [2.24, 2.45) is 5.92 Å². The molecule has 0 radical (unpaired) electrons. The smallest absolute Gasteiger partial charge is 0.133 e. The number of hydrogen-bond donors (Lipinski definition) is 0. The van der Waals surface area contributed by atoms with Crippen LogP contribution in [0.1, 0.15) is 54.8 Å². The van der Waals surface area contributed by atoms with E-state index in [1.807, 2.05) is 0 Å². The zero-order valence-electron chi connectivity index (χ0n) is 15.4. The number of aryl methyl sites for hydroxylation is 1. The normalized spacial score (nSPS) is 18.1. The van der Waals surface area contributed by atoms with Crippen LogP contribution in [0.5, 0.6) is 0 Å². The summed E-state index contributed by atoms with van der Waals surface area (Å²) >= 11 is 1.75. The number of rotatable bonds is 8. The molecule has 0 saturated carbocycles. The van der Waals surface area contributed by atoms with Gasteiger partial charge in [-0.1, -0.05) is 24.3 Å². The molecule has 0 saturated heterocycles. The Hall–Kier alpha value is -1.45. The molecule has 3 heteroatoms. The number of benzene rings is 1. The van der Waals surface area contributed by atoms with E-state index in [2.05, 4.69) is 60.1 Å². The highest BCUT2D eigenvalue weighted by Crippen LogP contribution is 2.29. The Morgan fingerprint density at radius 1 is 1.24 bits per heavy atom. The van der Waals surface area contributed by atoms with Crippen molar-refractivity contribution in [3.63, 3.8) is 0 Å². The topological polar surface area (TPSA) is 20.3 Å². The van der Waals surface area contributed by atoms with E-state index in [0.717, 1.165) is 44.9 Å². The lowest BCUT2D eigenvalue weighted by molar-refractivity contribution is -0.120. The number of hydrogen-bond acceptors (Lipinski definition) is 3. The van der Waals surface area contributed by atoms with Gasteiger partial charge in [0.2, 0.25) is 0 Å². The monoisotopic (exact) mass is 355 g/mol. The van der Waals surface area contributed by atoms with Gasteiger partial charge in [0.05, 0.1) is 0 Å². The van der Waals surface area contributed by atoms with Crippen LogP contribution in [0.3, 0.4) is 0 Å². The second-order valence-corrected chi connectivity index (χ2v) is 8.33. The third kappa shape index (κ3) is 5.02. The summed E-state index contributed by atoms with van der Waals surface area (Å²) < 4.78 is 0. The van der Waals surface area contributed by atoms with E-state index in [9.17, 15) is 4.79 Å². The van der Waals surface area contributed by atoms with E-state index in [0.29, 0.717) is 17.7 Å². The van der Waals surface area contributed by atoms with Crippen LogP contribution in [-0.4, -0.2) is 24.8 Å². The van der Waals surface area contributed by atoms with Crippen LogP contribution in [0.15, 0.2) is 41.1 Å². The van der Waals surface area contributed by atoms with Crippen LogP contribution in [-0.2, 0) is 17.6 Å². The van der Waals surface area contributed by atoms with E-state index < -0.39 is 0 Å². The molecular formula is C22H29NOS. The Labute approximate surface area is 155 Å². The number of carbonyl (C=O) groups is 1. The van der Waals surface area contributed by atoms with E-state index >= 15 is 0 Å². The summed E-state index contributed by atoms with van der Waals surface area (Å²) in [5.41, 5.74) is 4.32. The van der Waals surface area contributed by atoms with E-state index in [1.165, 1.54) is 16.7 Å². The van der Waals surface area contributed by atoms with Crippen LogP contribution in [0.2, 0.25) is 0 Å². The molecule has 1 aliphatic rings. The second-order valence-electron chi connectivity index (χ2n) is 7.55. The van der Waals surface area contributed by atoms with Crippen LogP contribution < -0.4 is 0 Å². The van der Waals surface area contributed by atoms with Crippen molar-refractivity contribution >= 4 is 17.1 Å². The molecular weight excluding hydrogens is 326 g/mol. The van der Waals surface area contributed by atoms with Gasteiger partial charge in [-0.3, -0.25) is 4.79 Å². The second kappa shape index (κ2) is 8.77. The van der Waals surface area contributed by atoms with Gasteiger partial charge in [0, 0.05) is 18.9 Å². The average Bonchev–Trinajstić information content (AvgIpc) is 3.12. The minimum Gasteiger partial charge on any atom is -0.302 e. The summed E-state index contributed by atoms with van der Waals surface area (Å²) in [5, 5.41) is 4.36. The Morgan fingerprint density at radius 2 is 2.04 bits per heavy atom. The standard InChI is InChI=1S/C22H29NOS/c1-23(2)22(20-12-13-25-16-20)9-5-8-21(24)15-17-10-11-18-6-3-4-7-19(18)14-17/h3-4,6-7,12-13,16-17,22H,5,8-11,14-15H2,1-2H3/t17-,22-/m0/s1. The van der Waals surface area contributed by atoms with Gasteiger partial charge in [-0.2, -0.15) is 11.3 Å². The van der Waals surface area contributed by atoms with Gasteiger partial charge in [-0.25, -0.2) is 0 Å². The number of carbonyl (C=O) groups excluding carboxylic acids is 1. The molecule has 1 aliphatic carbocycles. The lowest BCUT2D eigenvalue weighted by Crippen LogP contribution is -2.20. The number of fused-ring (bicyclic) bond motifs is 1. The molecule has 0 aliphatic heterocycles. The zero-order valence-corrected chi connectivity index (χ0v) is 16.2. The fourth-order valence-corrected chi connectivity index (χ4v) is 4.76. The van der Waals surface area contributed by atoms with Gasteiger partial charge >= 0.3 is 0 Å². The van der Waals surface area contributed by atoms with Crippen molar-refractivity contribution in [1.82, 2.24) is 4.90 Å². The van der Waals surface area contributed by atoms with Crippen LogP contribution in [0.25, 0.3) is 0 Å². The Morgan fingerprint density at radius 3 is 2.76 bits per heavy atom. The zero-order chi connectivity index (χ0) is 17.6. The number of nitrogens with zero attached hydrogens (tertiary/aromatic N) is 1. The Balaban J connectivity index is 1.44. The summed E-state index contributed by atoms with van der Waals surface area (Å²) in [6.45, 7) is 0. The lowest BCUT2D eigenvalue weighted by Gasteiger charge is -2.25. The molecule has 0 N–H and O–H groups in total. The molecule has 1 heterocycles. The molecule has 1 aromatic heterocycles. The maximum atomic E-state index is 12.4. The van der Waals surface area contributed by atoms with Crippen LogP contribution >= 0.6 is 11.3 Å². The van der Waals surface area contributed by atoms with Gasteiger partial charge in [0.15, 0.2) is 0 Å². The molecule has 2 aromatic rings. The molecule has 2 atom stereocenters. The largest absolute Gasteiger partial charge is 0.302 e. The first-order chi connectivity index (χ1) is 12.1. The molecule has 0 spiro atoms. The fourth-order valence-electron chi connectivity index (χ4n) is 4.05. The van der Waals surface area contributed by atoms with Crippen molar-refractivity contribution < 1.29 is 4.79 Å². The predicted molar refractivity (Wildman–Crippen MR) is 106 cm³/mol. The fraction of sp³-hybridized carbons (Fsp3) is 0.500. The summed E-state index contributed by atoms with van der Waals surface area (Å²) in [7, 11) is 4.26. The lowest BCUT2D eigenvalue weighted by atomic mass is 9.81. The molecule has 0 amide bonds. The number of ketones is 1. The van der Waals surface area contributed by atoms with Gasteiger partial charge in [0.1, 0.15) is 5.78 Å². The van der Waals surface area contributed by atoms with Crippen molar-refractivity contribution in [2.45, 2.75) is 51.0 Å². The summed E-state index contributed by atoms with van der Waals surface area (Å²) in [5.74, 6) is 0.996. The van der Waals surface area contributed by atoms with Gasteiger partial charge < -0.3 is 4.90 Å². The molecule has 134 valence electrons. The minimum atomic E-state index is 0.431. The van der Waals surface area contributed by atoms with Crippen molar-refractivity contribution in [3.05, 3.63) is 57.8 Å². The van der Waals surface area contributed by atoms with Crippen LogP contribution in [0, 0.1) is 5.92 Å². The van der Waals surface area contributed by atoms with Crippen molar-refractivity contribution in [2.75, 3.05) is 14.1 Å². The molecule has 0 unspecified atom stereocenters.